The van der Waals surface area contributed by atoms with Gasteiger partial charge in [0.05, 0.1) is 3.92 Å². The molecule has 17 heavy (non-hydrogen) atoms. The van der Waals surface area contributed by atoms with Gasteiger partial charge in [0.25, 0.3) is 0 Å². The van der Waals surface area contributed by atoms with Crippen molar-refractivity contribution in [3.8, 4) is 0 Å². The van der Waals surface area contributed by atoms with Gasteiger partial charge < -0.3 is 5.32 Å². The zero-order valence-electron chi connectivity index (χ0n) is 11.2. The van der Waals surface area contributed by atoms with Crippen LogP contribution < -0.4 is 5.32 Å². The summed E-state index contributed by atoms with van der Waals surface area (Å²) < 4.78 is -0.0338. The van der Waals surface area contributed by atoms with E-state index in [0.29, 0.717) is 6.54 Å². The maximum atomic E-state index is 12.1. The van der Waals surface area contributed by atoms with Crippen molar-refractivity contribution in [3.63, 3.8) is 0 Å². The second kappa shape index (κ2) is 5.01. The second-order valence-corrected chi connectivity index (χ2v) is 7.89. The molecule has 2 atom stereocenters. The molecule has 5 heteroatoms. The molecule has 1 rings (SSSR count). The first-order valence-electron chi connectivity index (χ1n) is 5.98. The van der Waals surface area contributed by atoms with Gasteiger partial charge in [-0.05, 0) is 47.0 Å². The monoisotopic (exact) mass is 353 g/mol. The molecule has 2 unspecified atom stereocenters. The number of carbonyl (C=O) groups is 1. The van der Waals surface area contributed by atoms with E-state index in [1.54, 1.807) is 0 Å². The van der Waals surface area contributed by atoms with Gasteiger partial charge >= 0.3 is 0 Å². The van der Waals surface area contributed by atoms with E-state index in [4.69, 9.17) is 0 Å². The molecule has 1 amide bonds. The fraction of sp³-hybridized carbons (Fsp3) is 0.917. The molecule has 1 heterocycles. The van der Waals surface area contributed by atoms with Crippen LogP contribution in [0.1, 0.15) is 41.0 Å². The normalized spacial score (nSPS) is 29.0. The molecule has 99 valence electrons. The second-order valence-electron chi connectivity index (χ2n) is 6.02. The molecule has 1 N–H and O–H groups in total. The largest absolute Gasteiger partial charge is 0.355 e. The van der Waals surface area contributed by atoms with Gasteiger partial charge in [0.15, 0.2) is 0 Å². The Balaban J connectivity index is 2.64. The predicted octanol–water partition coefficient (Wildman–Crippen LogP) is 2.15. The Kier molecular flexibility index (Phi) is 4.47. The van der Waals surface area contributed by atoms with Crippen molar-refractivity contribution in [1.29, 1.82) is 0 Å². The lowest BCUT2D eigenvalue weighted by Gasteiger charge is -2.33. The quantitative estimate of drug-likeness (QED) is 0.625. The van der Waals surface area contributed by atoms with Gasteiger partial charge in [-0.3, -0.25) is 4.79 Å². The summed E-state index contributed by atoms with van der Waals surface area (Å²) in [5.41, 5.74) is -0.750. The number of hydrogen-bond donors (Lipinski definition) is 1. The van der Waals surface area contributed by atoms with Crippen molar-refractivity contribution in [3.05, 3.63) is 0 Å². The smallest absolute Gasteiger partial charge is 0.232 e. The van der Waals surface area contributed by atoms with Crippen molar-refractivity contribution in [2.45, 2.75) is 56.0 Å². The highest BCUT2D eigenvalue weighted by Crippen LogP contribution is 2.43. The number of amides is 1. The fourth-order valence-electron chi connectivity index (χ4n) is 2.57. The van der Waals surface area contributed by atoms with Gasteiger partial charge in [-0.1, -0.05) is 22.6 Å². The number of nitrogens with zero attached hydrogens (tertiary/aromatic N) is 1. The average molecular weight is 353 g/mol. The molecule has 0 aliphatic carbocycles. The van der Waals surface area contributed by atoms with Gasteiger partial charge in [0, 0.05) is 17.6 Å². The average Bonchev–Trinajstić information content (AvgIpc) is 2.35. The van der Waals surface area contributed by atoms with Crippen LogP contribution in [0.2, 0.25) is 0 Å². The van der Waals surface area contributed by atoms with E-state index in [2.05, 4.69) is 27.9 Å². The Bertz CT molecular complexity index is 303. The topological polar surface area (TPSA) is 52.2 Å². The highest BCUT2D eigenvalue weighted by atomic mass is 127. The molecule has 1 saturated heterocycles. The van der Waals surface area contributed by atoms with E-state index in [1.165, 1.54) is 5.06 Å². The Labute approximate surface area is 117 Å². The molecule has 0 aromatic rings. The third-order valence-electron chi connectivity index (χ3n) is 3.70. The maximum absolute atomic E-state index is 12.1. The summed E-state index contributed by atoms with van der Waals surface area (Å²) in [5, 5.41) is 16.3. The van der Waals surface area contributed by atoms with Crippen molar-refractivity contribution >= 4 is 28.5 Å². The first-order valence-corrected chi connectivity index (χ1v) is 7.23. The number of halogens is 1. The van der Waals surface area contributed by atoms with Crippen LogP contribution in [0.5, 0.6) is 0 Å². The lowest BCUT2D eigenvalue weighted by molar-refractivity contribution is -0.248. The first-order chi connectivity index (χ1) is 7.59. The Hall–Kier alpha value is 0.120. The highest BCUT2D eigenvalue weighted by molar-refractivity contribution is 14.1. The third kappa shape index (κ3) is 3.12. The van der Waals surface area contributed by atoms with Crippen LogP contribution in [0.3, 0.4) is 0 Å². The summed E-state index contributed by atoms with van der Waals surface area (Å²) in [4.78, 5) is 11.5. The van der Waals surface area contributed by atoms with E-state index in [9.17, 15) is 10.0 Å². The van der Waals surface area contributed by atoms with Gasteiger partial charge in [-0.25, -0.2) is 0 Å². The SMILES string of the molecule is CC(I)C(=O)NCC1CC(C)(C)N([O])C1(C)C. The summed E-state index contributed by atoms with van der Waals surface area (Å²) in [6.45, 7) is 10.3. The van der Waals surface area contributed by atoms with Crippen LogP contribution in [0, 0.1) is 5.92 Å². The summed E-state index contributed by atoms with van der Waals surface area (Å²) in [6, 6.07) is 0. The lowest BCUT2D eigenvalue weighted by Crippen LogP contribution is -2.48. The zero-order chi connectivity index (χ0) is 13.4. The molecule has 0 aromatic carbocycles. The Morgan fingerprint density at radius 3 is 2.35 bits per heavy atom. The van der Waals surface area contributed by atoms with Gasteiger partial charge in [-0.15, -0.1) is 10.3 Å². The van der Waals surface area contributed by atoms with Crippen LogP contribution in [-0.2, 0) is 10.0 Å². The molecule has 0 bridgehead atoms. The summed E-state index contributed by atoms with van der Waals surface area (Å²) in [5.74, 6) is 0.248. The summed E-state index contributed by atoms with van der Waals surface area (Å²) >= 11 is 2.09. The molecule has 1 aliphatic rings. The molecular formula is C12H22IN2O2. The minimum absolute atomic E-state index is 0.0338. The lowest BCUT2D eigenvalue weighted by atomic mass is 9.87. The standard InChI is InChI=1S/C12H22IN2O2/c1-8(13)10(16)14-7-9-6-11(2,3)15(17)12(9,4)5/h8-9H,6-7H2,1-5H3,(H,14,16). The molecule has 0 saturated carbocycles. The van der Waals surface area contributed by atoms with Gasteiger partial charge in [0.1, 0.15) is 0 Å². The Morgan fingerprint density at radius 2 is 2.00 bits per heavy atom. The number of hydrogen-bond acceptors (Lipinski definition) is 2. The van der Waals surface area contributed by atoms with Crippen molar-refractivity contribution in [2.75, 3.05) is 6.54 Å². The minimum Gasteiger partial charge on any atom is -0.355 e. The van der Waals surface area contributed by atoms with Crippen LogP contribution in [0.15, 0.2) is 0 Å². The Morgan fingerprint density at radius 1 is 1.47 bits per heavy atom. The van der Waals surface area contributed by atoms with Crippen molar-refractivity contribution < 1.29 is 10.0 Å². The number of hydroxylamine groups is 2. The van der Waals surface area contributed by atoms with Crippen LogP contribution >= 0.6 is 22.6 Å². The van der Waals surface area contributed by atoms with Crippen molar-refractivity contribution in [2.24, 2.45) is 5.92 Å². The third-order valence-corrected chi connectivity index (χ3v) is 4.27. The molecule has 1 aliphatic heterocycles. The molecule has 1 fully saturated rings. The van der Waals surface area contributed by atoms with Crippen LogP contribution in [0.25, 0.3) is 0 Å². The summed E-state index contributed by atoms with van der Waals surface area (Å²) in [7, 11) is 0. The van der Waals surface area contributed by atoms with Crippen molar-refractivity contribution in [1.82, 2.24) is 10.4 Å². The van der Waals surface area contributed by atoms with E-state index < -0.39 is 5.54 Å². The number of nitrogens with one attached hydrogen (secondary N) is 1. The fourth-order valence-corrected chi connectivity index (χ4v) is 2.79. The predicted molar refractivity (Wildman–Crippen MR) is 75.3 cm³/mol. The molecule has 4 nitrogen and oxygen atoms in total. The molecular weight excluding hydrogens is 331 g/mol. The molecule has 0 aromatic heterocycles. The summed E-state index contributed by atoms with van der Waals surface area (Å²) in [6.07, 6.45) is 0.819. The van der Waals surface area contributed by atoms with E-state index in [0.717, 1.165) is 6.42 Å². The van der Waals surface area contributed by atoms with E-state index in [1.807, 2.05) is 34.6 Å². The number of rotatable bonds is 3. The molecule has 1 radical (unpaired) electrons. The maximum Gasteiger partial charge on any atom is 0.232 e. The number of carbonyl (C=O) groups excluding carboxylic acids is 1. The van der Waals surface area contributed by atoms with Gasteiger partial charge in [0.2, 0.25) is 5.91 Å². The zero-order valence-corrected chi connectivity index (χ0v) is 13.4. The van der Waals surface area contributed by atoms with Crippen LogP contribution in [0.4, 0.5) is 0 Å². The van der Waals surface area contributed by atoms with E-state index >= 15 is 0 Å². The number of alkyl halides is 1. The molecule has 0 spiro atoms. The highest BCUT2D eigenvalue weighted by Gasteiger charge is 2.52. The minimum atomic E-state index is -0.411. The van der Waals surface area contributed by atoms with Crippen LogP contribution in [-0.4, -0.2) is 32.5 Å². The first kappa shape index (κ1) is 15.2. The van der Waals surface area contributed by atoms with Gasteiger partial charge in [-0.2, -0.15) is 0 Å². The van der Waals surface area contributed by atoms with E-state index in [-0.39, 0.29) is 21.3 Å².